The topological polar surface area (TPSA) is 74.9 Å². The van der Waals surface area contributed by atoms with Crippen molar-refractivity contribution in [3.63, 3.8) is 0 Å². The lowest BCUT2D eigenvalue weighted by Crippen LogP contribution is -2.44. The average Bonchev–Trinajstić information content (AvgIpc) is 3.82. The number of hydrogen-bond donors (Lipinski definition) is 1. The maximum atomic E-state index is 13.6. The van der Waals surface area contributed by atoms with Crippen LogP contribution in [0, 0.1) is 5.92 Å². The highest BCUT2D eigenvalue weighted by atomic mass is 16.5. The molecular formula is C28H33N3O4. The predicted octanol–water partition coefficient (Wildman–Crippen LogP) is 4.16. The van der Waals surface area contributed by atoms with E-state index in [9.17, 15) is 9.59 Å². The van der Waals surface area contributed by atoms with Crippen molar-refractivity contribution in [2.75, 3.05) is 27.3 Å². The van der Waals surface area contributed by atoms with Crippen LogP contribution in [0.2, 0.25) is 0 Å². The molecule has 0 aliphatic heterocycles. The molecule has 2 aliphatic rings. The minimum atomic E-state index is -0.0134. The van der Waals surface area contributed by atoms with Gasteiger partial charge in [-0.05, 0) is 61.4 Å². The van der Waals surface area contributed by atoms with E-state index in [4.69, 9.17) is 9.47 Å². The summed E-state index contributed by atoms with van der Waals surface area (Å²) >= 11 is 0. The SMILES string of the molecule is COc1ccc(CN(CCc2c[nH]c3ccccc23)C(=O)CN(C(=O)C2CC2)C2CC2)cc1OC. The van der Waals surface area contributed by atoms with Gasteiger partial charge in [0.15, 0.2) is 11.5 Å². The number of benzene rings is 2. The predicted molar refractivity (Wildman–Crippen MR) is 134 cm³/mol. The molecule has 1 N–H and O–H groups in total. The summed E-state index contributed by atoms with van der Waals surface area (Å²) in [4.78, 5) is 33.5. The number of aromatic amines is 1. The maximum absolute atomic E-state index is 13.6. The average molecular weight is 476 g/mol. The molecule has 2 amide bonds. The smallest absolute Gasteiger partial charge is 0.242 e. The summed E-state index contributed by atoms with van der Waals surface area (Å²) in [6.07, 6.45) is 6.64. The van der Waals surface area contributed by atoms with Crippen LogP contribution in [0.3, 0.4) is 0 Å². The van der Waals surface area contributed by atoms with Gasteiger partial charge in [-0.3, -0.25) is 9.59 Å². The number of carbonyl (C=O) groups excluding carboxylic acids is 2. The molecule has 0 atom stereocenters. The highest BCUT2D eigenvalue weighted by Crippen LogP contribution is 2.36. The molecular weight excluding hydrogens is 442 g/mol. The molecule has 2 fully saturated rings. The third-order valence-electron chi connectivity index (χ3n) is 7.00. The molecule has 184 valence electrons. The number of hydrogen-bond acceptors (Lipinski definition) is 4. The van der Waals surface area contributed by atoms with Crippen LogP contribution in [0.4, 0.5) is 0 Å². The van der Waals surface area contributed by atoms with E-state index in [2.05, 4.69) is 17.1 Å². The van der Waals surface area contributed by atoms with Gasteiger partial charge in [0.25, 0.3) is 0 Å². The Morgan fingerprint density at radius 3 is 2.49 bits per heavy atom. The van der Waals surface area contributed by atoms with E-state index in [0.717, 1.165) is 43.2 Å². The van der Waals surface area contributed by atoms with Crippen LogP contribution < -0.4 is 9.47 Å². The normalized spacial score (nSPS) is 15.1. The first-order valence-corrected chi connectivity index (χ1v) is 12.4. The van der Waals surface area contributed by atoms with Gasteiger partial charge in [0.05, 0.1) is 14.2 Å². The van der Waals surface area contributed by atoms with E-state index in [1.165, 1.54) is 10.9 Å². The van der Waals surface area contributed by atoms with Crippen molar-refractivity contribution in [3.8, 4) is 11.5 Å². The monoisotopic (exact) mass is 475 g/mol. The van der Waals surface area contributed by atoms with E-state index in [-0.39, 0.29) is 30.3 Å². The number of carbonyl (C=O) groups is 2. The number of ether oxygens (including phenoxy) is 2. The Morgan fingerprint density at radius 2 is 1.77 bits per heavy atom. The molecule has 0 radical (unpaired) electrons. The summed E-state index contributed by atoms with van der Waals surface area (Å²) in [7, 11) is 3.22. The Hall–Kier alpha value is -3.48. The number of nitrogens with zero attached hydrogens (tertiary/aromatic N) is 2. The van der Waals surface area contributed by atoms with E-state index >= 15 is 0 Å². The van der Waals surface area contributed by atoms with Gasteiger partial charge in [0, 0.05) is 42.1 Å². The van der Waals surface area contributed by atoms with Crippen LogP contribution in [-0.4, -0.2) is 59.9 Å². The Kier molecular flexibility index (Phi) is 6.66. The second kappa shape index (κ2) is 10.0. The standard InChI is InChI=1S/C28H33N3O4/c1-34-25-12-7-19(15-26(25)35-2)17-30(14-13-21-16-29-24-6-4-3-5-23(21)24)27(32)18-31(22-10-11-22)28(33)20-8-9-20/h3-7,12,15-16,20,22,29H,8-11,13-14,17-18H2,1-2H3. The van der Waals surface area contributed by atoms with Crippen molar-refractivity contribution in [2.45, 2.75) is 44.7 Å². The van der Waals surface area contributed by atoms with Gasteiger partial charge in [-0.2, -0.15) is 0 Å². The van der Waals surface area contributed by atoms with Crippen LogP contribution in [0.5, 0.6) is 11.5 Å². The summed E-state index contributed by atoms with van der Waals surface area (Å²) < 4.78 is 10.8. The summed E-state index contributed by atoms with van der Waals surface area (Å²) in [5.41, 5.74) is 3.23. The van der Waals surface area contributed by atoms with Crippen molar-refractivity contribution < 1.29 is 19.1 Å². The maximum Gasteiger partial charge on any atom is 0.242 e. The van der Waals surface area contributed by atoms with Crippen molar-refractivity contribution >= 4 is 22.7 Å². The third-order valence-corrected chi connectivity index (χ3v) is 7.00. The van der Waals surface area contributed by atoms with E-state index < -0.39 is 0 Å². The van der Waals surface area contributed by atoms with Gasteiger partial charge in [-0.25, -0.2) is 0 Å². The molecule has 7 nitrogen and oxygen atoms in total. The summed E-state index contributed by atoms with van der Waals surface area (Å²) in [6, 6.07) is 14.2. The Labute approximate surface area is 206 Å². The molecule has 2 saturated carbocycles. The van der Waals surface area contributed by atoms with Gasteiger partial charge >= 0.3 is 0 Å². The van der Waals surface area contributed by atoms with Gasteiger partial charge in [0.1, 0.15) is 6.54 Å². The van der Waals surface area contributed by atoms with E-state index in [1.807, 2.05) is 46.3 Å². The molecule has 0 spiro atoms. The fourth-order valence-electron chi connectivity index (χ4n) is 4.67. The van der Waals surface area contributed by atoms with Crippen LogP contribution in [0.15, 0.2) is 48.7 Å². The lowest BCUT2D eigenvalue weighted by molar-refractivity contribution is -0.142. The van der Waals surface area contributed by atoms with Crippen LogP contribution in [-0.2, 0) is 22.6 Å². The molecule has 3 aromatic rings. The largest absolute Gasteiger partial charge is 0.493 e. The number of amides is 2. The number of methoxy groups -OCH3 is 2. The van der Waals surface area contributed by atoms with Crippen molar-refractivity contribution in [1.82, 2.24) is 14.8 Å². The molecule has 35 heavy (non-hydrogen) atoms. The zero-order valence-corrected chi connectivity index (χ0v) is 20.5. The highest BCUT2D eigenvalue weighted by molar-refractivity contribution is 5.88. The zero-order valence-electron chi connectivity index (χ0n) is 20.5. The van der Waals surface area contributed by atoms with Gasteiger partial charge in [-0.1, -0.05) is 24.3 Å². The second-order valence-electron chi connectivity index (χ2n) is 9.59. The molecule has 1 heterocycles. The lowest BCUT2D eigenvalue weighted by Gasteiger charge is -2.28. The van der Waals surface area contributed by atoms with Gasteiger partial charge in [0.2, 0.25) is 11.8 Å². The third kappa shape index (κ3) is 5.29. The summed E-state index contributed by atoms with van der Waals surface area (Å²) in [5.74, 6) is 1.55. The summed E-state index contributed by atoms with van der Waals surface area (Å²) in [5, 5.41) is 1.18. The van der Waals surface area contributed by atoms with Crippen molar-refractivity contribution in [3.05, 3.63) is 59.8 Å². The molecule has 7 heteroatoms. The Balaban J connectivity index is 1.35. The number of para-hydroxylation sites is 1. The molecule has 2 aliphatic carbocycles. The first-order valence-electron chi connectivity index (χ1n) is 12.4. The van der Waals surface area contributed by atoms with Crippen LogP contribution in [0.25, 0.3) is 10.9 Å². The molecule has 2 aromatic carbocycles. The number of H-pyrrole nitrogens is 1. The molecule has 0 unspecified atom stereocenters. The summed E-state index contributed by atoms with van der Waals surface area (Å²) in [6.45, 7) is 1.16. The van der Waals surface area contributed by atoms with Crippen molar-refractivity contribution in [2.24, 2.45) is 5.92 Å². The molecule has 5 rings (SSSR count). The van der Waals surface area contributed by atoms with Crippen molar-refractivity contribution in [1.29, 1.82) is 0 Å². The van der Waals surface area contributed by atoms with E-state index in [1.54, 1.807) is 14.2 Å². The number of nitrogens with one attached hydrogen (secondary N) is 1. The molecule has 0 saturated heterocycles. The quantitative estimate of drug-likeness (QED) is 0.452. The lowest BCUT2D eigenvalue weighted by atomic mass is 10.1. The van der Waals surface area contributed by atoms with Gasteiger partial charge in [-0.15, -0.1) is 0 Å². The first-order chi connectivity index (χ1) is 17.1. The zero-order chi connectivity index (χ0) is 24.4. The number of fused-ring (bicyclic) bond motifs is 1. The first kappa shape index (κ1) is 23.3. The minimum Gasteiger partial charge on any atom is -0.493 e. The van der Waals surface area contributed by atoms with Crippen LogP contribution >= 0.6 is 0 Å². The fraction of sp³-hybridized carbons (Fsp3) is 0.429. The fourth-order valence-corrected chi connectivity index (χ4v) is 4.67. The van der Waals surface area contributed by atoms with Gasteiger partial charge < -0.3 is 24.3 Å². The van der Waals surface area contributed by atoms with E-state index in [0.29, 0.717) is 24.6 Å². The Bertz CT molecular complexity index is 1210. The number of rotatable bonds is 11. The highest BCUT2D eigenvalue weighted by Gasteiger charge is 2.41. The number of aromatic nitrogens is 1. The Morgan fingerprint density at radius 1 is 1.00 bits per heavy atom. The molecule has 0 bridgehead atoms. The minimum absolute atomic E-state index is 0.0134. The van der Waals surface area contributed by atoms with Crippen LogP contribution in [0.1, 0.15) is 36.8 Å². The molecule has 1 aromatic heterocycles. The second-order valence-corrected chi connectivity index (χ2v) is 9.59.